The van der Waals surface area contributed by atoms with Crippen LogP contribution in [-0.2, 0) is 5.60 Å². The Labute approximate surface area is 115 Å². The summed E-state index contributed by atoms with van der Waals surface area (Å²) in [6.07, 6.45) is 1.78. The van der Waals surface area contributed by atoms with Crippen molar-refractivity contribution in [1.29, 1.82) is 0 Å². The van der Waals surface area contributed by atoms with Gasteiger partial charge >= 0.3 is 0 Å². The summed E-state index contributed by atoms with van der Waals surface area (Å²) in [5.41, 5.74) is 1.49. The van der Waals surface area contributed by atoms with Crippen LogP contribution in [0, 0.1) is 0 Å². The molecule has 1 heteroatoms. The minimum Gasteiger partial charge on any atom is -0.376 e. The molecule has 0 saturated carbocycles. The van der Waals surface area contributed by atoms with Crippen molar-refractivity contribution >= 4 is 0 Å². The highest BCUT2D eigenvalue weighted by Crippen LogP contribution is 2.37. The molecule has 19 heavy (non-hydrogen) atoms. The third kappa shape index (κ3) is 2.61. The fraction of sp³-hybridized carbons (Fsp3) is 0.222. The average Bonchev–Trinajstić information content (AvgIpc) is 2.48. The lowest BCUT2D eigenvalue weighted by Crippen LogP contribution is -2.29. The molecule has 0 saturated heterocycles. The summed E-state index contributed by atoms with van der Waals surface area (Å²) in [5, 5.41) is 11.3. The number of rotatable bonds is 5. The minimum atomic E-state index is -1.10. The first-order valence-electron chi connectivity index (χ1n) is 6.71. The zero-order valence-corrected chi connectivity index (χ0v) is 11.3. The third-order valence-corrected chi connectivity index (χ3v) is 3.45. The smallest absolute Gasteiger partial charge is 0.136 e. The highest BCUT2D eigenvalue weighted by molar-refractivity contribution is 5.44. The molecule has 98 valence electrons. The van der Waals surface area contributed by atoms with Crippen LogP contribution in [0.5, 0.6) is 0 Å². The van der Waals surface area contributed by atoms with Crippen molar-refractivity contribution in [2.24, 2.45) is 0 Å². The Morgan fingerprint density at radius 2 is 1.37 bits per heavy atom. The van der Waals surface area contributed by atoms with Crippen LogP contribution in [0.2, 0.25) is 0 Å². The maximum absolute atomic E-state index is 11.3. The number of hydrogen-bond donors (Lipinski definition) is 1. The molecule has 0 spiro atoms. The van der Waals surface area contributed by atoms with Crippen molar-refractivity contribution in [2.75, 3.05) is 0 Å². The zero-order chi connectivity index (χ0) is 13.7. The normalized spacial score (nSPS) is 11.3. The van der Waals surface area contributed by atoms with E-state index in [1.807, 2.05) is 60.7 Å². The lowest BCUT2D eigenvalue weighted by Gasteiger charge is -2.31. The lowest BCUT2D eigenvalue weighted by molar-refractivity contribution is 0.117. The summed E-state index contributed by atoms with van der Waals surface area (Å²) in [6, 6.07) is 19.5. The Hall–Kier alpha value is -1.86. The van der Waals surface area contributed by atoms with Gasteiger partial charge in [0.15, 0.2) is 0 Å². The maximum Gasteiger partial charge on any atom is 0.136 e. The van der Waals surface area contributed by atoms with Gasteiger partial charge in [0.2, 0.25) is 0 Å². The average molecular weight is 252 g/mol. The van der Waals surface area contributed by atoms with Crippen LogP contribution in [0.25, 0.3) is 0 Å². The van der Waals surface area contributed by atoms with E-state index < -0.39 is 5.60 Å². The third-order valence-electron chi connectivity index (χ3n) is 3.45. The molecule has 0 unspecified atom stereocenters. The zero-order valence-electron chi connectivity index (χ0n) is 11.3. The molecule has 0 atom stereocenters. The van der Waals surface area contributed by atoms with Gasteiger partial charge in [0, 0.05) is 0 Å². The predicted molar refractivity (Wildman–Crippen MR) is 79.9 cm³/mol. The highest BCUT2D eigenvalue weighted by Gasteiger charge is 2.33. The fourth-order valence-corrected chi connectivity index (χ4v) is 2.42. The topological polar surface area (TPSA) is 20.2 Å². The van der Waals surface area contributed by atoms with E-state index in [4.69, 9.17) is 0 Å². The fourth-order valence-electron chi connectivity index (χ4n) is 2.42. The molecule has 0 fully saturated rings. The van der Waals surface area contributed by atoms with Crippen molar-refractivity contribution in [1.82, 2.24) is 0 Å². The van der Waals surface area contributed by atoms with Gasteiger partial charge in [-0.1, -0.05) is 80.6 Å². The van der Waals surface area contributed by atoms with Gasteiger partial charge in [0.05, 0.1) is 0 Å². The van der Waals surface area contributed by atoms with Crippen molar-refractivity contribution in [3.8, 4) is 0 Å². The van der Waals surface area contributed by atoms with Crippen molar-refractivity contribution in [2.45, 2.75) is 25.4 Å². The first-order valence-corrected chi connectivity index (χ1v) is 6.71. The minimum absolute atomic E-state index is 0.806. The first-order chi connectivity index (χ1) is 9.19. The number of benzene rings is 2. The molecule has 2 rings (SSSR count). The van der Waals surface area contributed by atoms with E-state index >= 15 is 0 Å². The van der Waals surface area contributed by atoms with Crippen molar-refractivity contribution < 1.29 is 5.11 Å². The van der Waals surface area contributed by atoms with Crippen molar-refractivity contribution in [3.63, 3.8) is 0 Å². The Bertz CT molecular complexity index is 489. The molecule has 0 amide bonds. The molecule has 2 aromatic rings. The van der Waals surface area contributed by atoms with Gasteiger partial charge in [0.1, 0.15) is 5.60 Å². The van der Waals surface area contributed by atoms with Gasteiger partial charge in [-0.2, -0.15) is 0 Å². The molecule has 0 aromatic heterocycles. The van der Waals surface area contributed by atoms with Crippen LogP contribution in [-0.4, -0.2) is 5.11 Å². The van der Waals surface area contributed by atoms with E-state index in [2.05, 4.69) is 13.5 Å². The monoisotopic (exact) mass is 252 g/mol. The van der Waals surface area contributed by atoms with E-state index in [1.165, 1.54) is 0 Å². The van der Waals surface area contributed by atoms with Gasteiger partial charge in [-0.05, 0) is 23.1 Å². The standard InChI is InChI=1S/C18H20O/c1-3-10-15(2)18(19,16-11-6-4-7-12-16)17-13-8-5-9-14-17/h4-9,11-14,19H,2-3,10H2,1H3. The molecular formula is C18H20O. The van der Waals surface area contributed by atoms with Crippen LogP contribution in [0.3, 0.4) is 0 Å². The summed E-state index contributed by atoms with van der Waals surface area (Å²) in [6.45, 7) is 6.22. The molecular weight excluding hydrogens is 232 g/mol. The summed E-state index contributed by atoms with van der Waals surface area (Å²) < 4.78 is 0. The second-order valence-corrected chi connectivity index (χ2v) is 4.80. The molecule has 0 aliphatic carbocycles. The van der Waals surface area contributed by atoms with Gasteiger partial charge in [-0.15, -0.1) is 0 Å². The summed E-state index contributed by atoms with van der Waals surface area (Å²) in [5.74, 6) is 0. The van der Waals surface area contributed by atoms with Crippen LogP contribution in [0.1, 0.15) is 30.9 Å². The Balaban J connectivity index is 2.54. The molecule has 0 aliphatic heterocycles. The number of aliphatic hydroxyl groups is 1. The second kappa shape index (κ2) is 5.85. The molecule has 0 heterocycles. The summed E-state index contributed by atoms with van der Waals surface area (Å²) in [4.78, 5) is 0. The Morgan fingerprint density at radius 3 is 1.74 bits per heavy atom. The van der Waals surface area contributed by atoms with E-state index in [9.17, 15) is 5.11 Å². The van der Waals surface area contributed by atoms with Gasteiger partial charge in [-0.25, -0.2) is 0 Å². The van der Waals surface area contributed by atoms with Gasteiger partial charge < -0.3 is 5.11 Å². The Morgan fingerprint density at radius 1 is 0.947 bits per heavy atom. The van der Waals surface area contributed by atoms with Crippen LogP contribution < -0.4 is 0 Å². The Kier molecular flexibility index (Phi) is 4.18. The van der Waals surface area contributed by atoms with Crippen molar-refractivity contribution in [3.05, 3.63) is 83.9 Å². The van der Waals surface area contributed by atoms with Crippen LogP contribution >= 0.6 is 0 Å². The molecule has 2 aromatic carbocycles. The highest BCUT2D eigenvalue weighted by atomic mass is 16.3. The summed E-state index contributed by atoms with van der Waals surface area (Å²) >= 11 is 0. The summed E-state index contributed by atoms with van der Waals surface area (Å²) in [7, 11) is 0. The van der Waals surface area contributed by atoms with E-state index in [0.29, 0.717) is 0 Å². The lowest BCUT2D eigenvalue weighted by atomic mass is 9.79. The quantitative estimate of drug-likeness (QED) is 0.787. The largest absolute Gasteiger partial charge is 0.376 e. The van der Waals surface area contributed by atoms with Gasteiger partial charge in [-0.3, -0.25) is 0 Å². The van der Waals surface area contributed by atoms with E-state index in [0.717, 1.165) is 29.5 Å². The molecule has 0 bridgehead atoms. The predicted octanol–water partition coefficient (Wildman–Crippen LogP) is 4.28. The molecule has 1 N–H and O–H groups in total. The number of hydrogen-bond acceptors (Lipinski definition) is 1. The van der Waals surface area contributed by atoms with Crippen LogP contribution in [0.4, 0.5) is 0 Å². The molecule has 1 nitrogen and oxygen atoms in total. The molecule has 0 radical (unpaired) electrons. The maximum atomic E-state index is 11.3. The van der Waals surface area contributed by atoms with Crippen LogP contribution in [0.15, 0.2) is 72.8 Å². The van der Waals surface area contributed by atoms with E-state index in [-0.39, 0.29) is 0 Å². The van der Waals surface area contributed by atoms with Gasteiger partial charge in [0.25, 0.3) is 0 Å². The molecule has 0 aliphatic rings. The second-order valence-electron chi connectivity index (χ2n) is 4.80. The van der Waals surface area contributed by atoms with E-state index in [1.54, 1.807) is 0 Å². The first kappa shape index (κ1) is 13.6. The SMILES string of the molecule is C=C(CCC)C(O)(c1ccccc1)c1ccccc1.